The number of H-pyrrole nitrogens is 2. The molecule has 1 aromatic rings. The number of aromatic nitrogens is 2. The van der Waals surface area contributed by atoms with E-state index in [2.05, 4.69) is 10.3 Å². The van der Waals surface area contributed by atoms with Crippen LogP contribution in [0.2, 0.25) is 0 Å². The van der Waals surface area contributed by atoms with Gasteiger partial charge >= 0.3 is 5.69 Å². The Bertz CT molecular complexity index is 448. The van der Waals surface area contributed by atoms with Gasteiger partial charge in [-0.05, 0) is 0 Å². The van der Waals surface area contributed by atoms with Gasteiger partial charge in [-0.15, -0.1) is 0 Å². The van der Waals surface area contributed by atoms with E-state index < -0.39 is 17.2 Å². The van der Waals surface area contributed by atoms with Gasteiger partial charge in [0.1, 0.15) is 5.56 Å². The predicted octanol–water partition coefficient (Wildman–Crippen LogP) is -1.56. The van der Waals surface area contributed by atoms with E-state index in [1.54, 1.807) is 0 Å². The molecule has 0 saturated heterocycles. The molecular formula is C8H11N3O4. The maximum absolute atomic E-state index is 11.3. The number of carbonyl (C=O) groups excluding carboxylic acids is 1. The Morgan fingerprint density at radius 3 is 2.87 bits per heavy atom. The monoisotopic (exact) mass is 213 g/mol. The van der Waals surface area contributed by atoms with Crippen molar-refractivity contribution in [3.63, 3.8) is 0 Å². The van der Waals surface area contributed by atoms with E-state index in [-0.39, 0.29) is 5.56 Å². The van der Waals surface area contributed by atoms with Gasteiger partial charge in [0.05, 0.1) is 6.61 Å². The van der Waals surface area contributed by atoms with Crippen molar-refractivity contribution in [2.45, 2.75) is 0 Å². The molecule has 0 aliphatic rings. The van der Waals surface area contributed by atoms with Crippen LogP contribution < -0.4 is 16.6 Å². The molecule has 1 heterocycles. The Morgan fingerprint density at radius 2 is 2.27 bits per heavy atom. The first-order chi connectivity index (χ1) is 7.15. The number of ether oxygens (including phenoxy) is 1. The fourth-order valence-electron chi connectivity index (χ4n) is 0.940. The molecule has 0 aliphatic heterocycles. The molecule has 0 atom stereocenters. The molecule has 1 aromatic heterocycles. The first-order valence-corrected chi connectivity index (χ1v) is 4.24. The summed E-state index contributed by atoms with van der Waals surface area (Å²) in [6.07, 6.45) is 1.07. The van der Waals surface area contributed by atoms with Crippen LogP contribution in [0.1, 0.15) is 10.4 Å². The fourth-order valence-corrected chi connectivity index (χ4v) is 0.940. The highest BCUT2D eigenvalue weighted by atomic mass is 16.5. The lowest BCUT2D eigenvalue weighted by Gasteiger charge is -2.02. The van der Waals surface area contributed by atoms with Gasteiger partial charge in [0.15, 0.2) is 0 Å². The molecule has 0 radical (unpaired) electrons. The molecule has 1 amide bonds. The van der Waals surface area contributed by atoms with Gasteiger partial charge in [-0.25, -0.2) is 4.79 Å². The third kappa shape index (κ3) is 3.06. The molecule has 0 saturated carbocycles. The fraction of sp³-hybridized carbons (Fsp3) is 0.375. The number of rotatable bonds is 4. The highest BCUT2D eigenvalue weighted by Crippen LogP contribution is 1.83. The standard InChI is InChI=1S/C8H11N3O4/c1-15-3-2-9-6(12)5-4-10-8(14)11-7(5)13/h4H,2-3H2,1H3,(H,9,12)(H2,10,11,13,14). The molecule has 0 fully saturated rings. The zero-order valence-corrected chi connectivity index (χ0v) is 8.12. The third-order valence-corrected chi connectivity index (χ3v) is 1.66. The van der Waals surface area contributed by atoms with E-state index in [0.29, 0.717) is 13.2 Å². The van der Waals surface area contributed by atoms with Gasteiger partial charge in [-0.1, -0.05) is 0 Å². The Morgan fingerprint density at radius 1 is 1.53 bits per heavy atom. The van der Waals surface area contributed by atoms with Crippen LogP contribution in [0.5, 0.6) is 0 Å². The number of hydrogen-bond acceptors (Lipinski definition) is 4. The van der Waals surface area contributed by atoms with E-state index >= 15 is 0 Å². The Hall–Kier alpha value is -1.89. The van der Waals surface area contributed by atoms with E-state index in [1.165, 1.54) is 7.11 Å². The van der Waals surface area contributed by atoms with Crippen LogP contribution >= 0.6 is 0 Å². The number of aromatic amines is 2. The molecule has 0 bridgehead atoms. The molecular weight excluding hydrogens is 202 g/mol. The molecule has 7 heteroatoms. The van der Waals surface area contributed by atoms with Crippen molar-refractivity contribution in [1.82, 2.24) is 15.3 Å². The maximum atomic E-state index is 11.3. The minimum atomic E-state index is -0.714. The average Bonchev–Trinajstić information content (AvgIpc) is 2.17. The molecule has 0 aliphatic carbocycles. The molecule has 7 nitrogen and oxygen atoms in total. The summed E-state index contributed by atoms with van der Waals surface area (Å²) in [5.74, 6) is -0.551. The normalized spacial score (nSPS) is 9.93. The summed E-state index contributed by atoms with van der Waals surface area (Å²) in [4.78, 5) is 37.3. The largest absolute Gasteiger partial charge is 0.383 e. The molecule has 0 aromatic carbocycles. The van der Waals surface area contributed by atoms with Gasteiger partial charge in [0.2, 0.25) is 0 Å². The molecule has 15 heavy (non-hydrogen) atoms. The van der Waals surface area contributed by atoms with Crippen molar-refractivity contribution in [2.75, 3.05) is 20.3 Å². The number of nitrogens with one attached hydrogen (secondary N) is 3. The predicted molar refractivity (Wildman–Crippen MR) is 51.9 cm³/mol. The van der Waals surface area contributed by atoms with E-state index in [9.17, 15) is 14.4 Å². The minimum absolute atomic E-state index is 0.134. The Kier molecular flexibility index (Phi) is 3.81. The first-order valence-electron chi connectivity index (χ1n) is 4.24. The quantitative estimate of drug-likeness (QED) is 0.526. The summed E-state index contributed by atoms with van der Waals surface area (Å²) in [6, 6.07) is 0. The van der Waals surface area contributed by atoms with Gasteiger partial charge < -0.3 is 15.0 Å². The van der Waals surface area contributed by atoms with Crippen molar-refractivity contribution in [3.8, 4) is 0 Å². The summed E-state index contributed by atoms with van der Waals surface area (Å²) >= 11 is 0. The smallest absolute Gasteiger partial charge is 0.325 e. The molecule has 0 unspecified atom stereocenters. The van der Waals surface area contributed by atoms with Crippen LogP contribution in [0.25, 0.3) is 0 Å². The summed E-state index contributed by atoms with van der Waals surface area (Å²) < 4.78 is 4.72. The minimum Gasteiger partial charge on any atom is -0.383 e. The Balaban J connectivity index is 2.74. The maximum Gasteiger partial charge on any atom is 0.325 e. The summed E-state index contributed by atoms with van der Waals surface area (Å²) in [5, 5.41) is 2.45. The summed E-state index contributed by atoms with van der Waals surface area (Å²) in [7, 11) is 1.50. The van der Waals surface area contributed by atoms with E-state index in [4.69, 9.17) is 4.74 Å². The molecule has 3 N–H and O–H groups in total. The first kappa shape index (κ1) is 11.2. The second kappa shape index (κ2) is 5.11. The van der Waals surface area contributed by atoms with Crippen LogP contribution in [-0.4, -0.2) is 36.1 Å². The zero-order chi connectivity index (χ0) is 11.3. The van der Waals surface area contributed by atoms with Crippen molar-refractivity contribution >= 4 is 5.91 Å². The van der Waals surface area contributed by atoms with Gasteiger partial charge in [-0.3, -0.25) is 14.6 Å². The highest BCUT2D eigenvalue weighted by Gasteiger charge is 2.09. The van der Waals surface area contributed by atoms with Crippen molar-refractivity contribution in [3.05, 3.63) is 32.6 Å². The second-order valence-corrected chi connectivity index (χ2v) is 2.73. The number of carbonyl (C=O) groups is 1. The van der Waals surface area contributed by atoms with Gasteiger partial charge in [-0.2, -0.15) is 0 Å². The van der Waals surface area contributed by atoms with Crippen molar-refractivity contribution in [1.29, 1.82) is 0 Å². The summed E-state index contributed by atoms with van der Waals surface area (Å²) in [5.41, 5.74) is -1.49. The van der Waals surface area contributed by atoms with Crippen LogP contribution in [0.15, 0.2) is 15.8 Å². The van der Waals surface area contributed by atoms with E-state index in [0.717, 1.165) is 6.20 Å². The van der Waals surface area contributed by atoms with Crippen LogP contribution in [-0.2, 0) is 4.74 Å². The van der Waals surface area contributed by atoms with Crippen molar-refractivity contribution < 1.29 is 9.53 Å². The average molecular weight is 213 g/mol. The topological polar surface area (TPSA) is 104 Å². The van der Waals surface area contributed by atoms with Gasteiger partial charge in [0.25, 0.3) is 11.5 Å². The molecule has 1 rings (SSSR count). The van der Waals surface area contributed by atoms with Crippen LogP contribution in [0.4, 0.5) is 0 Å². The summed E-state index contributed by atoms with van der Waals surface area (Å²) in [6.45, 7) is 0.654. The Labute approximate surface area is 84.5 Å². The number of amides is 1. The van der Waals surface area contributed by atoms with E-state index in [1.807, 2.05) is 4.98 Å². The number of hydrogen-bond donors (Lipinski definition) is 3. The highest BCUT2D eigenvalue weighted by molar-refractivity contribution is 5.93. The molecule has 82 valence electrons. The van der Waals surface area contributed by atoms with Crippen molar-refractivity contribution in [2.24, 2.45) is 0 Å². The second-order valence-electron chi connectivity index (χ2n) is 2.73. The zero-order valence-electron chi connectivity index (χ0n) is 8.12. The SMILES string of the molecule is COCCNC(=O)c1c[nH]c(=O)[nH]c1=O. The van der Waals surface area contributed by atoms with Crippen LogP contribution in [0, 0.1) is 0 Å². The third-order valence-electron chi connectivity index (χ3n) is 1.66. The lowest BCUT2D eigenvalue weighted by molar-refractivity contribution is 0.0935. The molecule has 0 spiro atoms. The van der Waals surface area contributed by atoms with Gasteiger partial charge in [0, 0.05) is 19.9 Å². The lowest BCUT2D eigenvalue weighted by atomic mass is 10.3. The number of methoxy groups -OCH3 is 1. The lowest BCUT2D eigenvalue weighted by Crippen LogP contribution is -2.34. The van der Waals surface area contributed by atoms with Crippen LogP contribution in [0.3, 0.4) is 0 Å².